The molecule has 3 heteroatoms. The van der Waals surface area contributed by atoms with Gasteiger partial charge in [-0.25, -0.2) is 4.98 Å². The zero-order chi connectivity index (χ0) is 10.1. The Bertz CT molecular complexity index is 314. The van der Waals surface area contributed by atoms with Crippen molar-refractivity contribution < 1.29 is 0 Å². The summed E-state index contributed by atoms with van der Waals surface area (Å²) in [6.45, 7) is 8.77. The van der Waals surface area contributed by atoms with Crippen molar-refractivity contribution in [3.63, 3.8) is 0 Å². The first-order chi connectivity index (χ1) is 6.68. The topological polar surface area (TPSA) is 29.9 Å². The van der Waals surface area contributed by atoms with E-state index < -0.39 is 0 Å². The lowest BCUT2D eigenvalue weighted by Gasteiger charge is -2.19. The maximum absolute atomic E-state index is 4.61. The molecule has 3 nitrogen and oxygen atoms in total. The molecule has 1 N–H and O–H groups in total. The third-order valence-electron chi connectivity index (χ3n) is 2.81. The van der Waals surface area contributed by atoms with Crippen LogP contribution in [0.25, 0.3) is 0 Å². The summed E-state index contributed by atoms with van der Waals surface area (Å²) in [5.41, 5.74) is 1.13. The molecule has 1 atom stereocenters. The predicted octanol–water partition coefficient (Wildman–Crippen LogP) is 1.88. The van der Waals surface area contributed by atoms with Crippen molar-refractivity contribution in [2.45, 2.75) is 39.8 Å². The van der Waals surface area contributed by atoms with E-state index in [0.29, 0.717) is 12.0 Å². The molecule has 1 aromatic heterocycles. The molecule has 14 heavy (non-hydrogen) atoms. The van der Waals surface area contributed by atoms with Crippen LogP contribution in [0.15, 0.2) is 6.20 Å². The van der Waals surface area contributed by atoms with Crippen LogP contribution in [0.5, 0.6) is 0 Å². The quantitative estimate of drug-likeness (QED) is 0.738. The van der Waals surface area contributed by atoms with Gasteiger partial charge in [-0.15, -0.1) is 0 Å². The zero-order valence-electron chi connectivity index (χ0n) is 9.25. The number of nitrogens with zero attached hydrogens (tertiary/aromatic N) is 2. The average molecular weight is 193 g/mol. The van der Waals surface area contributed by atoms with Gasteiger partial charge < -0.3 is 9.88 Å². The van der Waals surface area contributed by atoms with Crippen LogP contribution in [0.3, 0.4) is 0 Å². The number of hydrogen-bond acceptors (Lipinski definition) is 2. The lowest BCUT2D eigenvalue weighted by Crippen LogP contribution is -2.26. The summed E-state index contributed by atoms with van der Waals surface area (Å²) in [5.74, 6) is 1.82. The minimum Gasteiger partial charge on any atom is -0.333 e. The fraction of sp³-hybridized carbons (Fsp3) is 0.727. The molecule has 0 spiro atoms. The van der Waals surface area contributed by atoms with Crippen LogP contribution >= 0.6 is 0 Å². The van der Waals surface area contributed by atoms with E-state index in [1.54, 1.807) is 0 Å². The summed E-state index contributed by atoms with van der Waals surface area (Å²) >= 11 is 0. The van der Waals surface area contributed by atoms with Gasteiger partial charge in [0, 0.05) is 12.7 Å². The van der Waals surface area contributed by atoms with Crippen LogP contribution in [-0.2, 0) is 6.54 Å². The number of imidazole rings is 1. The van der Waals surface area contributed by atoms with Crippen molar-refractivity contribution in [1.82, 2.24) is 14.9 Å². The molecule has 0 saturated carbocycles. The molecule has 0 unspecified atom stereocenters. The summed E-state index contributed by atoms with van der Waals surface area (Å²) in [4.78, 5) is 4.61. The number of aryl methyl sites for hydroxylation is 2. The molecule has 0 amide bonds. The van der Waals surface area contributed by atoms with E-state index in [2.05, 4.69) is 41.8 Å². The maximum Gasteiger partial charge on any atom is 0.126 e. The molecule has 1 aromatic rings. The standard InChI is InChI=1S/C11H19N3/c1-8(2)10-11-13-9(3)7-14(11)6-4-5-12-10/h7-8,10,12H,4-6H2,1-3H3/t10-/m1/s1. The maximum atomic E-state index is 4.61. The Labute approximate surface area is 85.5 Å². The van der Waals surface area contributed by atoms with Crippen molar-refractivity contribution in [3.8, 4) is 0 Å². The van der Waals surface area contributed by atoms with Crippen molar-refractivity contribution in [1.29, 1.82) is 0 Å². The normalized spacial score (nSPS) is 22.1. The van der Waals surface area contributed by atoms with Crippen LogP contribution in [0, 0.1) is 12.8 Å². The molecule has 2 heterocycles. The Balaban J connectivity index is 2.36. The van der Waals surface area contributed by atoms with Gasteiger partial charge in [0.15, 0.2) is 0 Å². The largest absolute Gasteiger partial charge is 0.333 e. The van der Waals surface area contributed by atoms with E-state index >= 15 is 0 Å². The first kappa shape index (κ1) is 9.71. The van der Waals surface area contributed by atoms with Crippen LogP contribution in [0.2, 0.25) is 0 Å². The molecule has 0 radical (unpaired) electrons. The van der Waals surface area contributed by atoms with Crippen LogP contribution < -0.4 is 5.32 Å². The van der Waals surface area contributed by atoms with Crippen molar-refractivity contribution in [2.75, 3.05) is 6.54 Å². The number of rotatable bonds is 1. The van der Waals surface area contributed by atoms with Crippen LogP contribution in [0.1, 0.15) is 37.8 Å². The molecular weight excluding hydrogens is 174 g/mol. The number of fused-ring (bicyclic) bond motifs is 1. The van der Waals surface area contributed by atoms with Gasteiger partial charge in [-0.2, -0.15) is 0 Å². The van der Waals surface area contributed by atoms with Gasteiger partial charge in [0.05, 0.1) is 11.7 Å². The highest BCUT2D eigenvalue weighted by atomic mass is 15.1. The lowest BCUT2D eigenvalue weighted by atomic mass is 10.0. The van der Waals surface area contributed by atoms with Crippen molar-refractivity contribution >= 4 is 0 Å². The highest BCUT2D eigenvalue weighted by Gasteiger charge is 2.22. The van der Waals surface area contributed by atoms with E-state index in [1.807, 2.05) is 0 Å². The second-order valence-electron chi connectivity index (χ2n) is 4.46. The molecule has 78 valence electrons. The Morgan fingerprint density at radius 1 is 1.57 bits per heavy atom. The molecule has 0 bridgehead atoms. The third kappa shape index (κ3) is 1.69. The van der Waals surface area contributed by atoms with E-state index in [1.165, 1.54) is 12.2 Å². The molecule has 0 aromatic carbocycles. The lowest BCUT2D eigenvalue weighted by molar-refractivity contribution is 0.405. The monoisotopic (exact) mass is 193 g/mol. The smallest absolute Gasteiger partial charge is 0.126 e. The fourth-order valence-electron chi connectivity index (χ4n) is 2.12. The van der Waals surface area contributed by atoms with Gasteiger partial charge >= 0.3 is 0 Å². The Morgan fingerprint density at radius 2 is 2.36 bits per heavy atom. The predicted molar refractivity (Wildman–Crippen MR) is 57.2 cm³/mol. The Kier molecular flexibility index (Phi) is 2.59. The summed E-state index contributed by atoms with van der Waals surface area (Å²) in [5, 5.41) is 3.57. The molecule has 1 aliphatic rings. The van der Waals surface area contributed by atoms with Crippen molar-refractivity contribution in [2.24, 2.45) is 5.92 Å². The van der Waals surface area contributed by atoms with Gasteiger partial charge in [0.2, 0.25) is 0 Å². The second kappa shape index (κ2) is 3.73. The zero-order valence-corrected chi connectivity index (χ0v) is 9.25. The van der Waals surface area contributed by atoms with E-state index in [9.17, 15) is 0 Å². The average Bonchev–Trinajstić information content (AvgIpc) is 2.35. The van der Waals surface area contributed by atoms with Gasteiger partial charge in [-0.1, -0.05) is 13.8 Å². The van der Waals surface area contributed by atoms with Gasteiger partial charge in [-0.05, 0) is 25.8 Å². The number of hydrogen-bond donors (Lipinski definition) is 1. The minimum atomic E-state index is 0.422. The molecule has 0 aliphatic carbocycles. The summed E-state index contributed by atoms with van der Waals surface area (Å²) in [6.07, 6.45) is 3.36. The van der Waals surface area contributed by atoms with E-state index in [4.69, 9.17) is 0 Å². The number of aromatic nitrogens is 2. The van der Waals surface area contributed by atoms with Gasteiger partial charge in [0.25, 0.3) is 0 Å². The fourth-order valence-corrected chi connectivity index (χ4v) is 2.12. The summed E-state index contributed by atoms with van der Waals surface area (Å²) < 4.78 is 2.31. The molecule has 0 saturated heterocycles. The second-order valence-corrected chi connectivity index (χ2v) is 4.46. The SMILES string of the molecule is Cc1cn2c(n1)[C@@H](C(C)C)NCCC2. The molecule has 1 aliphatic heterocycles. The minimum absolute atomic E-state index is 0.422. The van der Waals surface area contributed by atoms with Crippen molar-refractivity contribution in [3.05, 3.63) is 17.7 Å². The Morgan fingerprint density at radius 3 is 3.07 bits per heavy atom. The van der Waals surface area contributed by atoms with Gasteiger partial charge in [0.1, 0.15) is 5.82 Å². The summed E-state index contributed by atoms with van der Waals surface area (Å²) in [7, 11) is 0. The van der Waals surface area contributed by atoms with E-state index in [-0.39, 0.29) is 0 Å². The Hall–Kier alpha value is -0.830. The molecular formula is C11H19N3. The van der Waals surface area contributed by atoms with Gasteiger partial charge in [-0.3, -0.25) is 0 Å². The van der Waals surface area contributed by atoms with Crippen LogP contribution in [-0.4, -0.2) is 16.1 Å². The first-order valence-electron chi connectivity index (χ1n) is 5.45. The number of nitrogens with one attached hydrogen (secondary N) is 1. The highest BCUT2D eigenvalue weighted by molar-refractivity contribution is 5.08. The summed E-state index contributed by atoms with van der Waals surface area (Å²) in [6, 6.07) is 0.422. The van der Waals surface area contributed by atoms with Crippen LogP contribution in [0.4, 0.5) is 0 Å². The molecule has 2 rings (SSSR count). The highest BCUT2D eigenvalue weighted by Crippen LogP contribution is 2.23. The first-order valence-corrected chi connectivity index (χ1v) is 5.45. The third-order valence-corrected chi connectivity index (χ3v) is 2.81. The van der Waals surface area contributed by atoms with E-state index in [0.717, 1.165) is 18.8 Å². The molecule has 0 fully saturated rings.